The predicted octanol–water partition coefficient (Wildman–Crippen LogP) is 6.15. The molecule has 2 aromatic carbocycles. The summed E-state index contributed by atoms with van der Waals surface area (Å²) in [6, 6.07) is 20.3. The van der Waals surface area contributed by atoms with Crippen molar-refractivity contribution in [2.75, 3.05) is 0 Å². The molecule has 1 aromatic heterocycles. The average Bonchev–Trinajstić information content (AvgIpc) is 2.71. The lowest BCUT2D eigenvalue weighted by Crippen LogP contribution is -2.11. The van der Waals surface area contributed by atoms with Crippen molar-refractivity contribution < 1.29 is 0 Å². The highest BCUT2D eigenvalue weighted by molar-refractivity contribution is 5.79. The van der Waals surface area contributed by atoms with Crippen LogP contribution in [0.1, 0.15) is 64.1 Å². The minimum absolute atomic E-state index is 0.0400. The second-order valence-corrected chi connectivity index (χ2v) is 9.50. The summed E-state index contributed by atoms with van der Waals surface area (Å²) in [6.45, 7) is 13.0. The third-order valence-electron chi connectivity index (χ3n) is 5.16. The van der Waals surface area contributed by atoms with Gasteiger partial charge in [0.1, 0.15) is 12.1 Å². The molecule has 0 fully saturated rings. The smallest absolute Gasteiger partial charge is 0.177 e. The number of rotatable bonds is 2. The number of benzene rings is 2. The summed E-state index contributed by atoms with van der Waals surface area (Å²) in [4.78, 5) is 9.05. The largest absolute Gasteiger partial charge is 0.232 e. The first kappa shape index (κ1) is 21.2. The molecule has 0 unspecified atom stereocenters. The number of hydrogen-bond donors (Lipinski definition) is 0. The van der Waals surface area contributed by atoms with E-state index in [2.05, 4.69) is 75.8 Å². The molecule has 0 spiro atoms. The van der Waals surface area contributed by atoms with E-state index < -0.39 is 0 Å². The highest BCUT2D eigenvalue weighted by Gasteiger charge is 2.19. The molecule has 0 bridgehead atoms. The van der Waals surface area contributed by atoms with E-state index in [0.29, 0.717) is 11.4 Å². The minimum Gasteiger partial charge on any atom is -0.232 e. The van der Waals surface area contributed by atoms with E-state index in [9.17, 15) is 10.5 Å². The Labute approximate surface area is 178 Å². The fraction of sp³-hybridized carbons (Fsp3) is 0.308. The highest BCUT2D eigenvalue weighted by Crippen LogP contribution is 2.33. The van der Waals surface area contributed by atoms with Crippen molar-refractivity contribution in [2.24, 2.45) is 0 Å². The molecule has 150 valence electrons. The van der Waals surface area contributed by atoms with Gasteiger partial charge in [-0.05, 0) is 22.0 Å². The normalized spacial score (nSPS) is 11.6. The van der Waals surface area contributed by atoms with Crippen LogP contribution < -0.4 is 0 Å². The fourth-order valence-electron chi connectivity index (χ4n) is 3.25. The van der Waals surface area contributed by atoms with Crippen molar-refractivity contribution in [1.82, 2.24) is 9.97 Å². The van der Waals surface area contributed by atoms with Crippen molar-refractivity contribution in [1.29, 1.82) is 10.5 Å². The minimum atomic E-state index is 0.0400. The third kappa shape index (κ3) is 4.24. The van der Waals surface area contributed by atoms with Crippen LogP contribution in [-0.4, -0.2) is 9.97 Å². The van der Waals surface area contributed by atoms with Gasteiger partial charge in [-0.3, -0.25) is 0 Å². The monoisotopic (exact) mass is 394 g/mol. The first-order chi connectivity index (χ1) is 14.0. The van der Waals surface area contributed by atoms with Gasteiger partial charge < -0.3 is 0 Å². The highest BCUT2D eigenvalue weighted by atomic mass is 14.9. The lowest BCUT2D eigenvalue weighted by molar-refractivity contribution is 0.590. The molecule has 0 radical (unpaired) electrons. The Morgan fingerprint density at radius 1 is 0.567 bits per heavy atom. The van der Waals surface area contributed by atoms with Gasteiger partial charge in [-0.1, -0.05) is 90.1 Å². The van der Waals surface area contributed by atoms with Crippen LogP contribution in [0, 0.1) is 22.7 Å². The van der Waals surface area contributed by atoms with Crippen LogP contribution >= 0.6 is 0 Å². The molecule has 0 N–H and O–H groups in total. The Balaban J connectivity index is 2.20. The molecule has 4 nitrogen and oxygen atoms in total. The molecule has 0 saturated carbocycles. The van der Waals surface area contributed by atoms with E-state index in [1.807, 2.05) is 36.4 Å². The number of nitriles is 2. The summed E-state index contributed by atoms with van der Waals surface area (Å²) in [5, 5.41) is 18.9. The molecule has 3 aromatic rings. The maximum Gasteiger partial charge on any atom is 0.177 e. The van der Waals surface area contributed by atoms with Crippen molar-refractivity contribution >= 4 is 0 Å². The molecule has 0 atom stereocenters. The van der Waals surface area contributed by atoms with Crippen molar-refractivity contribution in [3.8, 4) is 34.7 Å². The first-order valence-corrected chi connectivity index (χ1v) is 9.98. The van der Waals surface area contributed by atoms with Gasteiger partial charge in [0, 0.05) is 11.1 Å². The molecular weight excluding hydrogens is 368 g/mol. The summed E-state index contributed by atoms with van der Waals surface area (Å²) in [5.41, 5.74) is 5.54. The summed E-state index contributed by atoms with van der Waals surface area (Å²) in [5.74, 6) is 0. The van der Waals surface area contributed by atoms with Crippen LogP contribution in [0.4, 0.5) is 0 Å². The van der Waals surface area contributed by atoms with Crippen LogP contribution in [-0.2, 0) is 10.8 Å². The van der Waals surface area contributed by atoms with E-state index >= 15 is 0 Å². The zero-order chi connectivity index (χ0) is 22.1. The molecule has 0 aliphatic carbocycles. The molecule has 1 heterocycles. The van der Waals surface area contributed by atoms with Gasteiger partial charge in [-0.2, -0.15) is 10.5 Å². The van der Waals surface area contributed by atoms with Crippen LogP contribution in [0.25, 0.3) is 22.5 Å². The van der Waals surface area contributed by atoms with Crippen LogP contribution in [0.2, 0.25) is 0 Å². The summed E-state index contributed by atoms with van der Waals surface area (Å²) in [6.07, 6.45) is 0. The first-order valence-electron chi connectivity index (χ1n) is 9.98. The summed E-state index contributed by atoms with van der Waals surface area (Å²) < 4.78 is 0. The van der Waals surface area contributed by atoms with Gasteiger partial charge in [-0.25, -0.2) is 9.97 Å². The lowest BCUT2D eigenvalue weighted by Gasteiger charge is -2.20. The fourth-order valence-corrected chi connectivity index (χ4v) is 3.25. The van der Waals surface area contributed by atoms with E-state index in [1.165, 1.54) is 11.1 Å². The SMILES string of the molecule is CC(C)(C)c1ccc(-c2nc(C#N)c(C#N)nc2-c2ccc(C(C)(C)C)cc2)cc1. The number of hydrogen-bond acceptors (Lipinski definition) is 4. The topological polar surface area (TPSA) is 73.4 Å². The zero-order valence-corrected chi connectivity index (χ0v) is 18.4. The second-order valence-electron chi connectivity index (χ2n) is 9.50. The van der Waals surface area contributed by atoms with Gasteiger partial charge in [0.15, 0.2) is 11.4 Å². The molecule has 0 saturated heterocycles. The average molecular weight is 395 g/mol. The van der Waals surface area contributed by atoms with Gasteiger partial charge in [0.05, 0.1) is 11.4 Å². The lowest BCUT2D eigenvalue weighted by atomic mass is 9.85. The van der Waals surface area contributed by atoms with Crippen LogP contribution in [0.15, 0.2) is 48.5 Å². The van der Waals surface area contributed by atoms with Crippen LogP contribution in [0.3, 0.4) is 0 Å². The molecule has 30 heavy (non-hydrogen) atoms. The molecule has 0 aliphatic rings. The Bertz CT molecular complexity index is 1050. The molecule has 4 heteroatoms. The van der Waals surface area contributed by atoms with Gasteiger partial charge in [0.25, 0.3) is 0 Å². The van der Waals surface area contributed by atoms with E-state index in [1.54, 1.807) is 0 Å². The van der Waals surface area contributed by atoms with E-state index in [0.717, 1.165) is 11.1 Å². The van der Waals surface area contributed by atoms with E-state index in [-0.39, 0.29) is 22.2 Å². The summed E-state index contributed by atoms with van der Waals surface area (Å²) in [7, 11) is 0. The second kappa shape index (κ2) is 7.73. The Kier molecular flexibility index (Phi) is 5.47. The zero-order valence-electron chi connectivity index (χ0n) is 18.4. The Morgan fingerprint density at radius 3 is 1.10 bits per heavy atom. The van der Waals surface area contributed by atoms with Crippen LogP contribution in [0.5, 0.6) is 0 Å². The van der Waals surface area contributed by atoms with Gasteiger partial charge in [-0.15, -0.1) is 0 Å². The van der Waals surface area contributed by atoms with Gasteiger partial charge >= 0.3 is 0 Å². The van der Waals surface area contributed by atoms with E-state index in [4.69, 9.17) is 0 Å². The third-order valence-corrected chi connectivity index (χ3v) is 5.16. The van der Waals surface area contributed by atoms with Crippen molar-refractivity contribution in [3.05, 3.63) is 71.0 Å². The molecule has 0 aliphatic heterocycles. The Morgan fingerprint density at radius 2 is 0.867 bits per heavy atom. The van der Waals surface area contributed by atoms with Crippen molar-refractivity contribution in [2.45, 2.75) is 52.4 Å². The Hall–Kier alpha value is -3.50. The summed E-state index contributed by atoms with van der Waals surface area (Å²) >= 11 is 0. The van der Waals surface area contributed by atoms with Crippen molar-refractivity contribution in [3.63, 3.8) is 0 Å². The predicted molar refractivity (Wildman–Crippen MR) is 120 cm³/mol. The quantitative estimate of drug-likeness (QED) is 0.522. The maximum atomic E-state index is 9.46. The molecular formula is C26H26N4. The molecule has 0 amide bonds. The maximum absolute atomic E-state index is 9.46. The number of aromatic nitrogens is 2. The molecule has 3 rings (SSSR count). The standard InChI is InChI=1S/C26H26N4/c1-25(2,3)19-11-7-17(8-12-19)23-24(30-22(16-28)21(15-27)29-23)18-9-13-20(14-10-18)26(4,5)6/h7-14H,1-6H3. The van der Waals surface area contributed by atoms with Gasteiger partial charge in [0.2, 0.25) is 0 Å². The number of nitrogens with zero attached hydrogens (tertiary/aromatic N) is 4.